The highest BCUT2D eigenvalue weighted by Crippen LogP contribution is 2.22. The summed E-state index contributed by atoms with van der Waals surface area (Å²) >= 11 is 0. The van der Waals surface area contributed by atoms with E-state index in [1.807, 2.05) is 13.0 Å². The maximum absolute atomic E-state index is 10.9. The molecule has 0 aliphatic rings. The molecule has 0 saturated heterocycles. The van der Waals surface area contributed by atoms with E-state index in [9.17, 15) is 9.90 Å². The molecule has 0 radical (unpaired) electrons. The Morgan fingerprint density at radius 1 is 1.47 bits per heavy atom. The highest BCUT2D eigenvalue weighted by Gasteiger charge is 2.16. The molecule has 0 spiro atoms. The molecule has 2 atom stereocenters. The summed E-state index contributed by atoms with van der Waals surface area (Å²) in [5, 5.41) is 21.8. The number of nitrogens with one attached hydrogen (secondary N) is 1. The molecule has 0 amide bonds. The summed E-state index contributed by atoms with van der Waals surface area (Å²) in [5.74, 6) is -0.138. The van der Waals surface area contributed by atoms with Crippen molar-refractivity contribution in [3.8, 4) is 5.75 Å². The van der Waals surface area contributed by atoms with Crippen LogP contribution in [0.4, 0.5) is 0 Å². The van der Waals surface area contributed by atoms with E-state index in [4.69, 9.17) is 9.84 Å². The third-order valence-corrected chi connectivity index (χ3v) is 3.07. The Morgan fingerprint density at radius 3 is 2.63 bits per heavy atom. The van der Waals surface area contributed by atoms with Crippen LogP contribution in [-0.4, -0.2) is 35.9 Å². The number of carboxylic acids is 1. The average Bonchev–Trinajstić information content (AvgIpc) is 2.38. The van der Waals surface area contributed by atoms with Gasteiger partial charge in [0.2, 0.25) is 0 Å². The predicted octanol–water partition coefficient (Wildman–Crippen LogP) is 1.49. The molecule has 1 aromatic carbocycles. The Kier molecular flexibility index (Phi) is 5.79. The zero-order valence-electron chi connectivity index (χ0n) is 11.5. The van der Waals surface area contributed by atoms with Crippen molar-refractivity contribution in [2.45, 2.75) is 32.4 Å². The number of ether oxygens (including phenoxy) is 1. The van der Waals surface area contributed by atoms with Crippen LogP contribution >= 0.6 is 0 Å². The van der Waals surface area contributed by atoms with E-state index in [0.717, 1.165) is 16.9 Å². The Morgan fingerprint density at radius 2 is 2.16 bits per heavy atom. The monoisotopic (exact) mass is 267 g/mol. The van der Waals surface area contributed by atoms with Crippen molar-refractivity contribution in [1.82, 2.24) is 5.32 Å². The van der Waals surface area contributed by atoms with Crippen LogP contribution in [0, 0.1) is 6.92 Å². The van der Waals surface area contributed by atoms with Gasteiger partial charge in [-0.2, -0.15) is 0 Å². The minimum atomic E-state index is -0.902. The molecule has 1 rings (SSSR count). The number of aliphatic carboxylic acids is 1. The SMILES string of the molecule is CCC(NCC(O)c1ccc(OC)c(C)c1)C(=O)O. The molecule has 2 unspecified atom stereocenters. The topological polar surface area (TPSA) is 78.8 Å². The van der Waals surface area contributed by atoms with Crippen molar-refractivity contribution in [1.29, 1.82) is 0 Å². The van der Waals surface area contributed by atoms with Gasteiger partial charge in [0.25, 0.3) is 0 Å². The molecular weight excluding hydrogens is 246 g/mol. The van der Waals surface area contributed by atoms with Gasteiger partial charge in [-0.1, -0.05) is 13.0 Å². The smallest absolute Gasteiger partial charge is 0.320 e. The molecule has 0 bridgehead atoms. The zero-order chi connectivity index (χ0) is 14.4. The number of benzene rings is 1. The van der Waals surface area contributed by atoms with Crippen LogP contribution in [0.5, 0.6) is 5.75 Å². The van der Waals surface area contributed by atoms with Crippen LogP contribution in [0.2, 0.25) is 0 Å². The lowest BCUT2D eigenvalue weighted by atomic mass is 10.1. The van der Waals surface area contributed by atoms with Crippen molar-refractivity contribution < 1.29 is 19.7 Å². The number of hydrogen-bond donors (Lipinski definition) is 3. The van der Waals surface area contributed by atoms with E-state index in [1.165, 1.54) is 0 Å². The minimum Gasteiger partial charge on any atom is -0.496 e. The van der Waals surface area contributed by atoms with E-state index < -0.39 is 18.1 Å². The first kappa shape index (κ1) is 15.5. The maximum atomic E-state index is 10.9. The van der Waals surface area contributed by atoms with E-state index in [0.29, 0.717) is 6.42 Å². The molecule has 0 aromatic heterocycles. The Bertz CT molecular complexity index is 433. The summed E-state index contributed by atoms with van der Waals surface area (Å²) in [6.07, 6.45) is -0.262. The van der Waals surface area contributed by atoms with Crippen molar-refractivity contribution in [3.63, 3.8) is 0 Å². The van der Waals surface area contributed by atoms with Gasteiger partial charge in [0.15, 0.2) is 0 Å². The van der Waals surface area contributed by atoms with Gasteiger partial charge in [0, 0.05) is 6.54 Å². The second-order valence-corrected chi connectivity index (χ2v) is 4.45. The fourth-order valence-electron chi connectivity index (χ4n) is 1.89. The van der Waals surface area contributed by atoms with E-state index >= 15 is 0 Å². The Labute approximate surface area is 113 Å². The third-order valence-electron chi connectivity index (χ3n) is 3.07. The molecule has 1 aromatic rings. The maximum Gasteiger partial charge on any atom is 0.320 e. The first-order chi connectivity index (χ1) is 8.99. The Hall–Kier alpha value is -1.59. The second kappa shape index (κ2) is 7.11. The van der Waals surface area contributed by atoms with Crippen molar-refractivity contribution in [2.24, 2.45) is 0 Å². The molecule has 5 nitrogen and oxygen atoms in total. The molecular formula is C14H21NO4. The predicted molar refractivity (Wildman–Crippen MR) is 72.4 cm³/mol. The van der Waals surface area contributed by atoms with Crippen LogP contribution < -0.4 is 10.1 Å². The molecule has 19 heavy (non-hydrogen) atoms. The van der Waals surface area contributed by atoms with Crippen LogP contribution in [0.25, 0.3) is 0 Å². The number of aliphatic hydroxyl groups excluding tert-OH is 1. The lowest BCUT2D eigenvalue weighted by Gasteiger charge is -2.17. The molecule has 0 saturated carbocycles. The van der Waals surface area contributed by atoms with Gasteiger partial charge in [-0.05, 0) is 36.6 Å². The number of carbonyl (C=O) groups is 1. The van der Waals surface area contributed by atoms with Gasteiger partial charge in [0.05, 0.1) is 13.2 Å². The fourth-order valence-corrected chi connectivity index (χ4v) is 1.89. The summed E-state index contributed by atoms with van der Waals surface area (Å²) in [6.45, 7) is 3.89. The highest BCUT2D eigenvalue weighted by molar-refractivity contribution is 5.73. The van der Waals surface area contributed by atoms with Gasteiger partial charge in [-0.25, -0.2) is 0 Å². The van der Waals surface area contributed by atoms with Gasteiger partial charge in [-0.3, -0.25) is 4.79 Å². The number of aliphatic hydroxyl groups is 1. The molecule has 0 aliphatic carbocycles. The van der Waals surface area contributed by atoms with Crippen LogP contribution in [0.15, 0.2) is 18.2 Å². The quantitative estimate of drug-likeness (QED) is 0.697. The summed E-state index contributed by atoms with van der Waals surface area (Å²) in [4.78, 5) is 10.9. The lowest BCUT2D eigenvalue weighted by molar-refractivity contribution is -0.139. The van der Waals surface area contributed by atoms with Crippen molar-refractivity contribution >= 4 is 5.97 Å². The van der Waals surface area contributed by atoms with Gasteiger partial charge >= 0.3 is 5.97 Å². The average molecular weight is 267 g/mol. The molecule has 3 N–H and O–H groups in total. The number of hydrogen-bond acceptors (Lipinski definition) is 4. The summed E-state index contributed by atoms with van der Waals surface area (Å²) < 4.78 is 5.15. The summed E-state index contributed by atoms with van der Waals surface area (Å²) in [7, 11) is 1.60. The molecule has 106 valence electrons. The number of carboxylic acid groups (broad SMARTS) is 1. The number of rotatable bonds is 7. The molecule has 0 aliphatic heterocycles. The molecule has 0 heterocycles. The zero-order valence-corrected chi connectivity index (χ0v) is 11.5. The fraction of sp³-hybridized carbons (Fsp3) is 0.500. The number of methoxy groups -OCH3 is 1. The van der Waals surface area contributed by atoms with E-state index in [-0.39, 0.29) is 6.54 Å². The lowest BCUT2D eigenvalue weighted by Crippen LogP contribution is -2.38. The standard InChI is InChI=1S/C14H21NO4/c1-4-11(14(17)18)15-8-12(16)10-5-6-13(19-3)9(2)7-10/h5-7,11-12,15-16H,4,8H2,1-3H3,(H,17,18). The summed E-state index contributed by atoms with van der Waals surface area (Å²) in [6, 6.07) is 4.78. The van der Waals surface area contributed by atoms with Crippen LogP contribution in [0.1, 0.15) is 30.6 Å². The van der Waals surface area contributed by atoms with E-state index in [2.05, 4.69) is 5.32 Å². The van der Waals surface area contributed by atoms with Crippen molar-refractivity contribution in [2.75, 3.05) is 13.7 Å². The van der Waals surface area contributed by atoms with E-state index in [1.54, 1.807) is 26.2 Å². The van der Waals surface area contributed by atoms with Gasteiger partial charge in [-0.15, -0.1) is 0 Å². The van der Waals surface area contributed by atoms with Gasteiger partial charge < -0.3 is 20.3 Å². The molecule has 5 heteroatoms. The second-order valence-electron chi connectivity index (χ2n) is 4.45. The molecule has 0 fully saturated rings. The largest absolute Gasteiger partial charge is 0.496 e. The van der Waals surface area contributed by atoms with Crippen LogP contribution in [0.3, 0.4) is 0 Å². The van der Waals surface area contributed by atoms with Crippen LogP contribution in [-0.2, 0) is 4.79 Å². The highest BCUT2D eigenvalue weighted by atomic mass is 16.5. The minimum absolute atomic E-state index is 0.205. The normalized spacial score (nSPS) is 13.9. The van der Waals surface area contributed by atoms with Crippen molar-refractivity contribution in [3.05, 3.63) is 29.3 Å². The first-order valence-electron chi connectivity index (χ1n) is 6.28. The van der Waals surface area contributed by atoms with Gasteiger partial charge in [0.1, 0.15) is 11.8 Å². The first-order valence-corrected chi connectivity index (χ1v) is 6.28. The number of aryl methyl sites for hydroxylation is 1. The summed E-state index contributed by atoms with van der Waals surface area (Å²) in [5.41, 5.74) is 1.68. The Balaban J connectivity index is 2.65. The third kappa shape index (κ3) is 4.22.